The van der Waals surface area contributed by atoms with Gasteiger partial charge in [-0.1, -0.05) is 35.6 Å². The molecule has 0 bridgehead atoms. The van der Waals surface area contributed by atoms with Crippen LogP contribution in [0.3, 0.4) is 0 Å². The maximum absolute atomic E-state index is 13.6. The zero-order valence-electron chi connectivity index (χ0n) is 19.6. The molecule has 1 aliphatic rings. The molecule has 4 rings (SSSR count). The van der Waals surface area contributed by atoms with Crippen LogP contribution in [0, 0.1) is 0 Å². The molecule has 0 amide bonds. The number of rotatable bonds is 6. The number of esters is 1. The monoisotopic (exact) mass is 508 g/mol. The molecule has 3 aromatic rings. The minimum absolute atomic E-state index is 0.168. The first-order chi connectivity index (χ1) is 16.7. The molecule has 180 valence electrons. The predicted octanol–water partition coefficient (Wildman–Crippen LogP) is 3.61. The van der Waals surface area contributed by atoms with E-state index in [9.17, 15) is 14.4 Å². The van der Waals surface area contributed by atoms with E-state index in [0.717, 1.165) is 10.5 Å². The molecule has 2 heterocycles. The highest BCUT2D eigenvalue weighted by molar-refractivity contribution is 7.98. The summed E-state index contributed by atoms with van der Waals surface area (Å²) in [5.41, 5.74) is 2.20. The highest BCUT2D eigenvalue weighted by atomic mass is 32.2. The topological polar surface area (TPSA) is 98.0 Å². The number of benzene rings is 2. The van der Waals surface area contributed by atoms with E-state index in [1.54, 1.807) is 55.3 Å². The van der Waals surface area contributed by atoms with Gasteiger partial charge in [-0.15, -0.1) is 11.8 Å². The third-order valence-electron chi connectivity index (χ3n) is 5.47. The zero-order valence-corrected chi connectivity index (χ0v) is 21.3. The maximum Gasteiger partial charge on any atom is 0.338 e. The Morgan fingerprint density at radius 3 is 2.37 bits per heavy atom. The molecule has 7 nitrogen and oxygen atoms in total. The Labute approximate surface area is 210 Å². The lowest BCUT2D eigenvalue weighted by Gasteiger charge is -2.25. The summed E-state index contributed by atoms with van der Waals surface area (Å²) in [5.74, 6) is -1.52. The minimum Gasteiger partial charge on any atom is -0.478 e. The summed E-state index contributed by atoms with van der Waals surface area (Å²) in [6, 6.07) is 13.4. The summed E-state index contributed by atoms with van der Waals surface area (Å²) in [6.07, 6.45) is 3.37. The third kappa shape index (κ3) is 5.01. The molecule has 1 N–H and O–H groups in total. The number of carbonyl (C=O) groups excluding carboxylic acids is 1. The number of thiazole rings is 1. The fourth-order valence-electron chi connectivity index (χ4n) is 3.84. The van der Waals surface area contributed by atoms with Gasteiger partial charge < -0.3 is 9.84 Å². The summed E-state index contributed by atoms with van der Waals surface area (Å²) < 4.78 is 7.49. The van der Waals surface area contributed by atoms with Crippen molar-refractivity contribution in [3.05, 3.63) is 96.2 Å². The summed E-state index contributed by atoms with van der Waals surface area (Å²) >= 11 is 2.83. The van der Waals surface area contributed by atoms with E-state index in [-0.39, 0.29) is 17.2 Å². The van der Waals surface area contributed by atoms with Gasteiger partial charge in [0.2, 0.25) is 0 Å². The first-order valence-electron chi connectivity index (χ1n) is 10.9. The summed E-state index contributed by atoms with van der Waals surface area (Å²) in [6.45, 7) is 5.31. The molecule has 0 saturated carbocycles. The lowest BCUT2D eigenvalue weighted by molar-refractivity contribution is -0.143. The molecule has 0 fully saturated rings. The molecule has 2 aromatic carbocycles. The van der Waals surface area contributed by atoms with Gasteiger partial charge in [-0.05, 0) is 68.5 Å². The Morgan fingerprint density at radius 1 is 1.14 bits per heavy atom. The fraction of sp³-hybridized carbons (Fsp3) is 0.231. The van der Waals surface area contributed by atoms with Crippen molar-refractivity contribution in [2.75, 3.05) is 6.26 Å². The van der Waals surface area contributed by atoms with Gasteiger partial charge >= 0.3 is 11.9 Å². The lowest BCUT2D eigenvalue weighted by atomic mass is 9.96. The molecule has 0 aliphatic carbocycles. The Morgan fingerprint density at radius 2 is 1.80 bits per heavy atom. The van der Waals surface area contributed by atoms with Gasteiger partial charge in [-0.25, -0.2) is 14.6 Å². The maximum atomic E-state index is 13.6. The van der Waals surface area contributed by atoms with Crippen LogP contribution in [-0.4, -0.2) is 34.0 Å². The second-order valence-corrected chi connectivity index (χ2v) is 10.1. The molecule has 0 spiro atoms. The van der Waals surface area contributed by atoms with Crippen LogP contribution >= 0.6 is 23.1 Å². The van der Waals surface area contributed by atoms with Crippen LogP contribution in [0.25, 0.3) is 6.08 Å². The predicted molar refractivity (Wildman–Crippen MR) is 137 cm³/mol. The Kier molecular flexibility index (Phi) is 7.09. The molecular formula is C26H24N2O5S2. The molecule has 1 atom stereocenters. The van der Waals surface area contributed by atoms with Crippen LogP contribution < -0.4 is 14.9 Å². The SMILES string of the molecule is CSc1ccc(C2C(C(=O)OC(C)C)=C(C)N=c3sc(=Cc4ccc(C(=O)O)cc4)c(=O)n32)cc1. The Balaban J connectivity index is 1.89. The molecule has 1 unspecified atom stereocenters. The van der Waals surface area contributed by atoms with Crippen LogP contribution in [0.15, 0.2) is 74.5 Å². The van der Waals surface area contributed by atoms with Crippen molar-refractivity contribution in [1.29, 1.82) is 0 Å². The van der Waals surface area contributed by atoms with Crippen LogP contribution in [0.1, 0.15) is 48.3 Å². The van der Waals surface area contributed by atoms with Gasteiger partial charge in [-0.2, -0.15) is 0 Å². The van der Waals surface area contributed by atoms with Crippen molar-refractivity contribution >= 4 is 41.1 Å². The van der Waals surface area contributed by atoms with E-state index >= 15 is 0 Å². The van der Waals surface area contributed by atoms with E-state index in [0.29, 0.717) is 26.2 Å². The summed E-state index contributed by atoms with van der Waals surface area (Å²) in [4.78, 5) is 44.0. The van der Waals surface area contributed by atoms with Crippen LogP contribution in [0.2, 0.25) is 0 Å². The number of carboxylic acid groups (broad SMARTS) is 1. The fourth-order valence-corrected chi connectivity index (χ4v) is 5.29. The molecule has 1 aromatic heterocycles. The average Bonchev–Trinajstić information content (AvgIpc) is 3.12. The number of ether oxygens (including phenoxy) is 1. The first kappa shape index (κ1) is 24.7. The molecular weight excluding hydrogens is 484 g/mol. The van der Waals surface area contributed by atoms with Crippen LogP contribution in [0.4, 0.5) is 0 Å². The second kappa shape index (κ2) is 10.1. The zero-order chi connectivity index (χ0) is 25.3. The standard InChI is InChI=1S/C26H24N2O5S2/c1-14(2)33-25(32)21-15(3)27-26-28(22(21)17-9-11-19(34-4)12-10-17)23(29)20(35-26)13-16-5-7-18(8-6-16)24(30)31/h5-14,22H,1-4H3,(H,30,31). The van der Waals surface area contributed by atoms with Gasteiger partial charge in [0.1, 0.15) is 0 Å². The number of thioether (sulfide) groups is 1. The number of carboxylic acids is 1. The van der Waals surface area contributed by atoms with Crippen molar-refractivity contribution in [3.63, 3.8) is 0 Å². The van der Waals surface area contributed by atoms with E-state index in [4.69, 9.17) is 9.84 Å². The van der Waals surface area contributed by atoms with Crippen molar-refractivity contribution in [1.82, 2.24) is 4.57 Å². The summed E-state index contributed by atoms with van der Waals surface area (Å²) in [5, 5.41) is 9.12. The van der Waals surface area contributed by atoms with Crippen molar-refractivity contribution < 1.29 is 19.4 Å². The van der Waals surface area contributed by atoms with Crippen molar-refractivity contribution in [2.45, 2.75) is 37.8 Å². The Bertz CT molecular complexity index is 1500. The number of nitrogens with zero attached hydrogens (tertiary/aromatic N) is 2. The lowest BCUT2D eigenvalue weighted by Crippen LogP contribution is -2.40. The highest BCUT2D eigenvalue weighted by Crippen LogP contribution is 2.32. The normalized spacial score (nSPS) is 15.7. The Hall–Kier alpha value is -3.43. The van der Waals surface area contributed by atoms with Gasteiger partial charge in [0.25, 0.3) is 5.56 Å². The molecule has 0 radical (unpaired) electrons. The highest BCUT2D eigenvalue weighted by Gasteiger charge is 2.33. The number of hydrogen-bond acceptors (Lipinski definition) is 7. The molecule has 0 saturated heterocycles. The average molecular weight is 509 g/mol. The molecule has 9 heteroatoms. The number of hydrogen-bond donors (Lipinski definition) is 1. The van der Waals surface area contributed by atoms with Crippen molar-refractivity contribution in [2.24, 2.45) is 4.99 Å². The van der Waals surface area contributed by atoms with E-state index in [1.165, 1.54) is 23.5 Å². The largest absolute Gasteiger partial charge is 0.478 e. The van der Waals surface area contributed by atoms with E-state index in [2.05, 4.69) is 4.99 Å². The van der Waals surface area contributed by atoms with Crippen molar-refractivity contribution in [3.8, 4) is 0 Å². The van der Waals surface area contributed by atoms with Crippen LogP contribution in [-0.2, 0) is 9.53 Å². The number of aromatic nitrogens is 1. The first-order valence-corrected chi connectivity index (χ1v) is 12.9. The van der Waals surface area contributed by atoms with Gasteiger partial charge in [0.05, 0.1) is 33.5 Å². The number of aromatic carboxylic acids is 1. The third-order valence-corrected chi connectivity index (χ3v) is 7.20. The number of allylic oxidation sites excluding steroid dienone is 1. The van der Waals surface area contributed by atoms with E-state index in [1.807, 2.05) is 30.5 Å². The molecule has 1 aliphatic heterocycles. The quantitative estimate of drug-likeness (QED) is 0.404. The smallest absolute Gasteiger partial charge is 0.338 e. The molecule has 35 heavy (non-hydrogen) atoms. The number of carbonyl (C=O) groups is 2. The second-order valence-electron chi connectivity index (χ2n) is 8.24. The van der Waals surface area contributed by atoms with Gasteiger partial charge in [0.15, 0.2) is 4.80 Å². The summed E-state index contributed by atoms with van der Waals surface area (Å²) in [7, 11) is 0. The van der Waals surface area contributed by atoms with Gasteiger partial charge in [-0.3, -0.25) is 9.36 Å². The number of fused-ring (bicyclic) bond motifs is 1. The van der Waals surface area contributed by atoms with E-state index < -0.39 is 18.0 Å². The van der Waals surface area contributed by atoms with Gasteiger partial charge in [0, 0.05) is 4.90 Å². The van der Waals surface area contributed by atoms with Crippen LogP contribution in [0.5, 0.6) is 0 Å². The minimum atomic E-state index is -1.01.